The molecule has 0 N–H and O–H groups in total. The van der Waals surface area contributed by atoms with Gasteiger partial charge in [0, 0.05) is 44.5 Å². The van der Waals surface area contributed by atoms with E-state index < -0.39 is 0 Å². The molecule has 2 aromatic carbocycles. The van der Waals surface area contributed by atoms with Gasteiger partial charge in [-0.2, -0.15) is 0 Å². The van der Waals surface area contributed by atoms with Gasteiger partial charge in [0.2, 0.25) is 0 Å². The Morgan fingerprint density at radius 3 is 2.46 bits per heavy atom. The van der Waals surface area contributed by atoms with Crippen LogP contribution in [0.2, 0.25) is 0 Å². The summed E-state index contributed by atoms with van der Waals surface area (Å²) in [6.07, 6.45) is 8.03. The third-order valence-electron chi connectivity index (χ3n) is 8.56. The van der Waals surface area contributed by atoms with E-state index in [1.54, 1.807) is 0 Å². The van der Waals surface area contributed by atoms with Gasteiger partial charge in [-0.15, -0.1) is 0 Å². The third-order valence-corrected chi connectivity index (χ3v) is 8.56. The molecule has 2 unspecified atom stereocenters. The highest BCUT2D eigenvalue weighted by molar-refractivity contribution is 6.02. The first-order chi connectivity index (χ1) is 17.9. The van der Waals surface area contributed by atoms with E-state index in [1.165, 1.54) is 36.0 Å². The summed E-state index contributed by atoms with van der Waals surface area (Å²) in [5.74, 6) is 1.71. The number of nitrogens with zero attached hydrogens (tertiary/aromatic N) is 4. The summed E-state index contributed by atoms with van der Waals surface area (Å²) in [5.41, 5.74) is 5.95. The molecule has 2 aliphatic rings. The van der Waals surface area contributed by atoms with E-state index >= 15 is 0 Å². The molecule has 1 heterocycles. The van der Waals surface area contributed by atoms with Gasteiger partial charge in [-0.05, 0) is 61.3 Å². The average Bonchev–Trinajstić information content (AvgIpc) is 2.90. The van der Waals surface area contributed by atoms with E-state index in [4.69, 9.17) is 4.99 Å². The van der Waals surface area contributed by atoms with E-state index in [0.29, 0.717) is 0 Å². The fourth-order valence-corrected chi connectivity index (χ4v) is 5.63. The van der Waals surface area contributed by atoms with E-state index in [0.717, 1.165) is 55.6 Å². The Hall–Kier alpha value is -3.14. The molecule has 196 valence electrons. The minimum atomic E-state index is -0.0844. The molecule has 4 rings (SSSR count). The summed E-state index contributed by atoms with van der Waals surface area (Å²) in [6.45, 7) is 18.5. The van der Waals surface area contributed by atoms with Crippen LogP contribution in [0.1, 0.15) is 81.4 Å². The van der Waals surface area contributed by atoms with E-state index in [1.807, 2.05) is 13.3 Å². The molecule has 0 amide bonds. The normalized spacial score (nSPS) is 21.7. The van der Waals surface area contributed by atoms with Crippen molar-refractivity contribution in [1.82, 2.24) is 9.80 Å². The fourth-order valence-electron chi connectivity index (χ4n) is 5.63. The molecule has 0 bridgehead atoms. The Labute approximate surface area is 224 Å². The molecular formula is C33H44N4. The van der Waals surface area contributed by atoms with Crippen molar-refractivity contribution in [2.45, 2.75) is 70.3 Å². The third kappa shape index (κ3) is 5.89. The monoisotopic (exact) mass is 496 g/mol. The van der Waals surface area contributed by atoms with Crippen LogP contribution in [-0.2, 0) is 0 Å². The minimum Gasteiger partial charge on any atom is -0.367 e. The van der Waals surface area contributed by atoms with Crippen molar-refractivity contribution in [3.05, 3.63) is 90.1 Å². The maximum absolute atomic E-state index is 4.86. The van der Waals surface area contributed by atoms with Crippen molar-refractivity contribution in [3.63, 3.8) is 0 Å². The van der Waals surface area contributed by atoms with Crippen LogP contribution in [0.15, 0.2) is 83.4 Å². The summed E-state index contributed by atoms with van der Waals surface area (Å²) in [6, 6.07) is 19.6. The lowest BCUT2D eigenvalue weighted by Crippen LogP contribution is -2.59. The van der Waals surface area contributed by atoms with Crippen LogP contribution in [0.25, 0.3) is 5.70 Å². The topological polar surface area (TPSA) is 31.2 Å². The van der Waals surface area contributed by atoms with E-state index in [2.05, 4.69) is 103 Å². The Morgan fingerprint density at radius 1 is 1.08 bits per heavy atom. The Kier molecular flexibility index (Phi) is 8.68. The van der Waals surface area contributed by atoms with Crippen molar-refractivity contribution < 1.29 is 0 Å². The molecule has 4 heteroatoms. The minimum absolute atomic E-state index is 0.0844. The molecule has 0 aromatic heterocycles. The van der Waals surface area contributed by atoms with Gasteiger partial charge in [0.25, 0.3) is 0 Å². The lowest BCUT2D eigenvalue weighted by molar-refractivity contribution is 0.0648. The summed E-state index contributed by atoms with van der Waals surface area (Å²) in [4.78, 5) is 14.3. The summed E-state index contributed by atoms with van der Waals surface area (Å²) in [7, 11) is 1.82. The molecule has 1 saturated heterocycles. The summed E-state index contributed by atoms with van der Waals surface area (Å²) < 4.78 is 0. The molecule has 37 heavy (non-hydrogen) atoms. The smallest absolute Gasteiger partial charge is 0.169 e. The van der Waals surface area contributed by atoms with Gasteiger partial charge >= 0.3 is 0 Å². The zero-order valence-electron chi connectivity index (χ0n) is 23.3. The highest BCUT2D eigenvalue weighted by Gasteiger charge is 2.38. The van der Waals surface area contributed by atoms with Crippen LogP contribution < -0.4 is 0 Å². The lowest BCUT2D eigenvalue weighted by atomic mass is 9.79. The number of hydrogen-bond donors (Lipinski definition) is 0. The maximum Gasteiger partial charge on any atom is 0.169 e. The summed E-state index contributed by atoms with van der Waals surface area (Å²) >= 11 is 0. The number of benzene rings is 2. The largest absolute Gasteiger partial charge is 0.367 e. The van der Waals surface area contributed by atoms with E-state index in [9.17, 15) is 0 Å². The van der Waals surface area contributed by atoms with Gasteiger partial charge in [-0.25, -0.2) is 4.99 Å². The lowest BCUT2D eigenvalue weighted by Gasteiger charge is -2.51. The number of rotatable bonds is 9. The van der Waals surface area contributed by atoms with Crippen molar-refractivity contribution in [3.8, 4) is 0 Å². The number of piperazine rings is 1. The SMILES string of the molecule is C=C(c1cccc(C2CCC2)c1)N1CCN(C(=C)C(N=CC(CC)c2ccccc2)=NC)C(C)(CC)C1. The summed E-state index contributed by atoms with van der Waals surface area (Å²) in [5, 5.41) is 0. The molecule has 0 radical (unpaired) electrons. The molecule has 2 aromatic rings. The number of hydrogen-bond acceptors (Lipinski definition) is 3. The molecule has 0 spiro atoms. The van der Waals surface area contributed by atoms with Crippen LogP contribution in [-0.4, -0.2) is 54.1 Å². The van der Waals surface area contributed by atoms with Gasteiger partial charge in [0.1, 0.15) is 0 Å². The Morgan fingerprint density at radius 2 is 1.84 bits per heavy atom. The molecule has 1 saturated carbocycles. The van der Waals surface area contributed by atoms with Gasteiger partial charge in [0.15, 0.2) is 5.84 Å². The van der Waals surface area contributed by atoms with Gasteiger partial charge in [-0.1, -0.05) is 82.0 Å². The molecule has 1 aliphatic carbocycles. The van der Waals surface area contributed by atoms with Crippen LogP contribution in [0.3, 0.4) is 0 Å². The molecular weight excluding hydrogens is 452 g/mol. The van der Waals surface area contributed by atoms with Crippen LogP contribution >= 0.6 is 0 Å². The van der Waals surface area contributed by atoms with Crippen molar-refractivity contribution in [1.29, 1.82) is 0 Å². The second kappa shape index (κ2) is 11.9. The first-order valence-electron chi connectivity index (χ1n) is 14.0. The first kappa shape index (κ1) is 26.9. The van der Waals surface area contributed by atoms with Crippen LogP contribution in [0, 0.1) is 0 Å². The van der Waals surface area contributed by atoms with Gasteiger partial charge < -0.3 is 9.80 Å². The predicted molar refractivity (Wildman–Crippen MR) is 160 cm³/mol. The molecule has 2 atom stereocenters. The predicted octanol–water partition coefficient (Wildman–Crippen LogP) is 7.52. The van der Waals surface area contributed by atoms with Crippen LogP contribution in [0.5, 0.6) is 0 Å². The Bertz CT molecular complexity index is 1140. The second-order valence-electron chi connectivity index (χ2n) is 10.8. The van der Waals surface area contributed by atoms with Crippen molar-refractivity contribution >= 4 is 17.7 Å². The molecule has 1 aliphatic heterocycles. The maximum atomic E-state index is 4.86. The number of aliphatic imine (C=N–C) groups is 2. The van der Waals surface area contributed by atoms with Gasteiger partial charge in [0.05, 0.1) is 11.2 Å². The van der Waals surface area contributed by atoms with Crippen LogP contribution in [0.4, 0.5) is 0 Å². The van der Waals surface area contributed by atoms with Crippen molar-refractivity contribution in [2.75, 3.05) is 26.7 Å². The quantitative estimate of drug-likeness (QED) is 0.266. The average molecular weight is 497 g/mol. The molecule has 2 fully saturated rings. The Balaban J connectivity index is 1.47. The second-order valence-corrected chi connectivity index (χ2v) is 10.8. The highest BCUT2D eigenvalue weighted by atomic mass is 15.3. The van der Waals surface area contributed by atoms with E-state index in [-0.39, 0.29) is 11.5 Å². The first-order valence-corrected chi connectivity index (χ1v) is 14.0. The van der Waals surface area contributed by atoms with Crippen molar-refractivity contribution in [2.24, 2.45) is 9.98 Å². The zero-order chi connectivity index (χ0) is 26.4. The molecule has 4 nitrogen and oxygen atoms in total. The number of amidine groups is 1. The zero-order valence-corrected chi connectivity index (χ0v) is 23.3. The van der Waals surface area contributed by atoms with Gasteiger partial charge in [-0.3, -0.25) is 4.99 Å². The standard InChI is InChI=1S/C33H44N4/c1-7-27(28-14-10-9-11-15-28)23-35-32(34-6)26(4)37-21-20-36(24-33(37,5)8-2)25(3)30-18-13-19-31(22-30)29-16-12-17-29/h9-11,13-15,18-19,22-23,27,29H,3-4,7-8,12,16-17,20-21,24H2,1-2,5-6H3. The highest BCUT2D eigenvalue weighted by Crippen LogP contribution is 2.38. The fraction of sp³-hybridized carbons (Fsp3) is 0.455.